The van der Waals surface area contributed by atoms with Crippen LogP contribution in [0.1, 0.15) is 12.8 Å². The zero-order chi connectivity index (χ0) is 20.1. The van der Waals surface area contributed by atoms with E-state index in [2.05, 4.69) is 15.0 Å². The van der Waals surface area contributed by atoms with Crippen LogP contribution in [0.15, 0.2) is 41.5 Å². The van der Waals surface area contributed by atoms with E-state index in [9.17, 15) is 9.59 Å². The van der Waals surface area contributed by atoms with Crippen LogP contribution in [0.3, 0.4) is 0 Å². The molecule has 8 heteroatoms. The van der Waals surface area contributed by atoms with Gasteiger partial charge in [0.05, 0.1) is 12.3 Å². The number of carbonyl (C=O) groups is 1. The van der Waals surface area contributed by atoms with Crippen molar-refractivity contribution in [2.24, 2.45) is 5.92 Å². The van der Waals surface area contributed by atoms with Gasteiger partial charge in [0.2, 0.25) is 5.91 Å². The third-order valence-electron chi connectivity index (χ3n) is 5.75. The van der Waals surface area contributed by atoms with Crippen LogP contribution >= 0.6 is 0 Å². The van der Waals surface area contributed by atoms with Crippen LogP contribution in [0.2, 0.25) is 0 Å². The Morgan fingerprint density at radius 2 is 1.79 bits per heavy atom. The van der Waals surface area contributed by atoms with Gasteiger partial charge in [-0.1, -0.05) is 0 Å². The highest BCUT2D eigenvalue weighted by Gasteiger charge is 2.23. The molecule has 2 aliphatic rings. The molecule has 2 fully saturated rings. The summed E-state index contributed by atoms with van der Waals surface area (Å²) in [6.07, 6.45) is 5.52. The van der Waals surface area contributed by atoms with Crippen LogP contribution in [-0.4, -0.2) is 76.4 Å². The van der Waals surface area contributed by atoms with Crippen molar-refractivity contribution in [3.8, 4) is 11.3 Å². The quantitative estimate of drug-likeness (QED) is 0.720. The van der Waals surface area contributed by atoms with Crippen molar-refractivity contribution in [1.29, 1.82) is 0 Å². The largest absolute Gasteiger partial charge is 0.370 e. The van der Waals surface area contributed by atoms with Gasteiger partial charge >= 0.3 is 0 Å². The summed E-state index contributed by atoms with van der Waals surface area (Å²) in [7, 11) is 0. The van der Waals surface area contributed by atoms with E-state index in [1.54, 1.807) is 29.2 Å². The molecule has 0 aromatic carbocycles. The molecule has 2 aromatic rings. The van der Waals surface area contributed by atoms with Crippen molar-refractivity contribution in [2.45, 2.75) is 19.4 Å². The van der Waals surface area contributed by atoms with Gasteiger partial charge < -0.3 is 14.5 Å². The normalized spacial score (nSPS) is 18.9. The number of pyridine rings is 1. The van der Waals surface area contributed by atoms with Gasteiger partial charge in [-0.25, -0.2) is 4.68 Å². The van der Waals surface area contributed by atoms with Gasteiger partial charge in [-0.15, -0.1) is 0 Å². The van der Waals surface area contributed by atoms with E-state index in [4.69, 9.17) is 4.74 Å². The molecule has 2 aromatic heterocycles. The molecule has 4 heterocycles. The first-order valence-corrected chi connectivity index (χ1v) is 10.3. The second-order valence-electron chi connectivity index (χ2n) is 7.69. The first-order valence-electron chi connectivity index (χ1n) is 10.3. The monoisotopic (exact) mass is 397 g/mol. The number of rotatable bonds is 6. The number of nitrogens with zero attached hydrogens (tertiary/aromatic N) is 5. The molecular weight excluding hydrogens is 370 g/mol. The average molecular weight is 397 g/mol. The molecule has 0 unspecified atom stereocenters. The molecule has 2 saturated heterocycles. The minimum absolute atomic E-state index is 0.0592. The Morgan fingerprint density at radius 3 is 2.55 bits per heavy atom. The number of piperidine rings is 1. The Hall–Kier alpha value is -2.58. The van der Waals surface area contributed by atoms with Crippen LogP contribution < -0.4 is 5.56 Å². The predicted octanol–water partition coefficient (Wildman–Crippen LogP) is 0.876. The van der Waals surface area contributed by atoms with Crippen LogP contribution in [-0.2, 0) is 16.1 Å². The molecular formula is C21H27N5O3. The lowest BCUT2D eigenvalue weighted by Gasteiger charge is -2.34. The third kappa shape index (κ3) is 5.07. The standard InChI is InChI=1S/C21H27N5O3/c27-20-2-1-19(18-3-7-22-8-4-18)23-26(20)15-17-5-9-24(10-6-17)11-12-25-13-14-29-16-21(25)28/h1-4,7-8,17H,5-6,9-16H2. The number of aromatic nitrogens is 3. The fourth-order valence-corrected chi connectivity index (χ4v) is 3.94. The van der Waals surface area contributed by atoms with Crippen molar-refractivity contribution in [2.75, 3.05) is 45.9 Å². The number of hydrogen-bond donors (Lipinski definition) is 0. The molecule has 0 bridgehead atoms. The van der Waals surface area contributed by atoms with Crippen molar-refractivity contribution >= 4 is 5.91 Å². The zero-order valence-electron chi connectivity index (χ0n) is 16.6. The van der Waals surface area contributed by atoms with Gasteiger partial charge in [-0.2, -0.15) is 5.10 Å². The maximum Gasteiger partial charge on any atom is 0.266 e. The summed E-state index contributed by atoms with van der Waals surface area (Å²) >= 11 is 0. The fraction of sp³-hybridized carbons (Fsp3) is 0.524. The minimum Gasteiger partial charge on any atom is -0.370 e. The lowest BCUT2D eigenvalue weighted by molar-refractivity contribution is -0.142. The number of morpholine rings is 1. The minimum atomic E-state index is -0.0592. The molecule has 154 valence electrons. The maximum atomic E-state index is 12.3. The molecule has 8 nitrogen and oxygen atoms in total. The second-order valence-corrected chi connectivity index (χ2v) is 7.69. The SMILES string of the molecule is O=C1COCCN1CCN1CCC(Cn2nc(-c3ccncc3)ccc2=O)CC1. The van der Waals surface area contributed by atoms with Crippen LogP contribution in [0.4, 0.5) is 0 Å². The fourth-order valence-electron chi connectivity index (χ4n) is 3.94. The summed E-state index contributed by atoms with van der Waals surface area (Å²) in [5, 5.41) is 4.57. The lowest BCUT2D eigenvalue weighted by Crippen LogP contribution is -2.46. The third-order valence-corrected chi connectivity index (χ3v) is 5.75. The van der Waals surface area contributed by atoms with Gasteiger partial charge in [-0.05, 0) is 50.0 Å². The van der Waals surface area contributed by atoms with Crippen molar-refractivity contribution < 1.29 is 9.53 Å². The Kier molecular flexibility index (Phi) is 6.31. The van der Waals surface area contributed by atoms with Gasteiger partial charge in [0.25, 0.3) is 5.56 Å². The zero-order valence-corrected chi connectivity index (χ0v) is 16.6. The van der Waals surface area contributed by atoms with Crippen molar-refractivity contribution in [3.05, 3.63) is 47.0 Å². The lowest BCUT2D eigenvalue weighted by atomic mass is 9.97. The van der Waals surface area contributed by atoms with Crippen LogP contribution in [0, 0.1) is 5.92 Å². The number of likely N-dealkylation sites (tertiary alicyclic amines) is 1. The summed E-state index contributed by atoms with van der Waals surface area (Å²) in [5.41, 5.74) is 1.69. The second kappa shape index (κ2) is 9.28. The first-order chi connectivity index (χ1) is 14.2. The summed E-state index contributed by atoms with van der Waals surface area (Å²) in [5.74, 6) is 0.528. The van der Waals surface area contributed by atoms with E-state index in [1.165, 1.54) is 0 Å². The molecule has 0 spiro atoms. The van der Waals surface area contributed by atoms with Gasteiger partial charge in [0, 0.05) is 50.2 Å². The molecule has 4 rings (SSSR count). The molecule has 0 atom stereocenters. The smallest absolute Gasteiger partial charge is 0.266 e. The van der Waals surface area contributed by atoms with E-state index >= 15 is 0 Å². The summed E-state index contributed by atoms with van der Waals surface area (Å²) in [6, 6.07) is 7.16. The topological polar surface area (TPSA) is 80.6 Å². The van der Waals surface area contributed by atoms with Crippen molar-refractivity contribution in [3.63, 3.8) is 0 Å². The van der Waals surface area contributed by atoms with Gasteiger partial charge in [0.1, 0.15) is 6.61 Å². The molecule has 29 heavy (non-hydrogen) atoms. The Labute approximate surface area is 170 Å². The maximum absolute atomic E-state index is 12.3. The molecule has 0 aliphatic carbocycles. The van der Waals surface area contributed by atoms with E-state index in [0.29, 0.717) is 25.6 Å². The first kappa shape index (κ1) is 19.7. The molecule has 0 radical (unpaired) electrons. The molecule has 1 amide bonds. The van der Waals surface area contributed by atoms with Crippen molar-refractivity contribution in [1.82, 2.24) is 24.6 Å². The van der Waals surface area contributed by atoms with Gasteiger partial charge in [0.15, 0.2) is 0 Å². The Bertz CT molecular complexity index is 877. The number of ether oxygens (including phenoxy) is 1. The van der Waals surface area contributed by atoms with Crippen LogP contribution in [0.5, 0.6) is 0 Å². The molecule has 2 aliphatic heterocycles. The number of hydrogen-bond acceptors (Lipinski definition) is 6. The summed E-state index contributed by atoms with van der Waals surface area (Å²) < 4.78 is 6.78. The highest BCUT2D eigenvalue weighted by molar-refractivity contribution is 5.77. The van der Waals surface area contributed by atoms with Crippen LogP contribution in [0.25, 0.3) is 11.3 Å². The predicted molar refractivity (Wildman–Crippen MR) is 108 cm³/mol. The van der Waals surface area contributed by atoms with Gasteiger partial charge in [-0.3, -0.25) is 14.6 Å². The number of amides is 1. The van der Waals surface area contributed by atoms with E-state index in [0.717, 1.165) is 50.3 Å². The Balaban J connectivity index is 1.29. The Morgan fingerprint density at radius 1 is 1.00 bits per heavy atom. The molecule has 0 saturated carbocycles. The highest BCUT2D eigenvalue weighted by Crippen LogP contribution is 2.19. The summed E-state index contributed by atoms with van der Waals surface area (Å²) in [4.78, 5) is 32.4. The summed E-state index contributed by atoms with van der Waals surface area (Å²) in [6.45, 7) is 5.82. The van der Waals surface area contributed by atoms with E-state index in [-0.39, 0.29) is 18.1 Å². The average Bonchev–Trinajstić information content (AvgIpc) is 2.76. The van der Waals surface area contributed by atoms with E-state index in [1.807, 2.05) is 17.0 Å². The number of carbonyl (C=O) groups excluding carboxylic acids is 1. The highest BCUT2D eigenvalue weighted by atomic mass is 16.5. The molecule has 0 N–H and O–H groups in total. The van der Waals surface area contributed by atoms with E-state index < -0.39 is 0 Å².